The lowest BCUT2D eigenvalue weighted by Gasteiger charge is -2.26. The SMILES string of the molecule is c1ccc2c(c1)oc1c(N(c3ccc(-c4cccc5c4oc4c5ccc5sc6ccccc6c54)cc3)c3cccc4c3sc3ccccc34)cccc12. The van der Waals surface area contributed by atoms with Crippen molar-refractivity contribution in [1.82, 2.24) is 0 Å². The van der Waals surface area contributed by atoms with Crippen molar-refractivity contribution in [2.45, 2.75) is 0 Å². The molecule has 4 aromatic heterocycles. The number of benzene rings is 8. The third-order valence-corrected chi connectivity index (χ3v) is 13.0. The monoisotopic (exact) mass is 713 g/mol. The quantitative estimate of drug-likeness (QED) is 0.182. The molecule has 0 bridgehead atoms. The van der Waals surface area contributed by atoms with Crippen LogP contribution in [0.3, 0.4) is 0 Å². The minimum absolute atomic E-state index is 0.871. The summed E-state index contributed by atoms with van der Waals surface area (Å²) in [6.45, 7) is 0. The summed E-state index contributed by atoms with van der Waals surface area (Å²) in [5, 5.41) is 9.48. The van der Waals surface area contributed by atoms with Gasteiger partial charge in [0.1, 0.15) is 16.7 Å². The van der Waals surface area contributed by atoms with E-state index in [0.29, 0.717) is 0 Å². The molecule has 0 amide bonds. The van der Waals surface area contributed by atoms with Crippen molar-refractivity contribution in [2.75, 3.05) is 4.90 Å². The Morgan fingerprint density at radius 3 is 1.87 bits per heavy atom. The summed E-state index contributed by atoms with van der Waals surface area (Å²) in [5.41, 5.74) is 8.99. The van der Waals surface area contributed by atoms with Crippen LogP contribution in [0.4, 0.5) is 17.1 Å². The average Bonchev–Trinajstić information content (AvgIpc) is 3.98. The lowest BCUT2D eigenvalue weighted by Crippen LogP contribution is -2.10. The van der Waals surface area contributed by atoms with Crippen LogP contribution in [-0.4, -0.2) is 0 Å². The molecule has 12 aromatic rings. The molecule has 0 unspecified atom stereocenters. The van der Waals surface area contributed by atoms with Crippen molar-refractivity contribution in [3.8, 4) is 11.1 Å². The van der Waals surface area contributed by atoms with E-state index < -0.39 is 0 Å². The summed E-state index contributed by atoms with van der Waals surface area (Å²) < 4.78 is 18.6. The Hall–Kier alpha value is -6.40. The normalized spacial score (nSPS) is 12.2. The molecule has 0 N–H and O–H groups in total. The summed E-state index contributed by atoms with van der Waals surface area (Å²) in [6, 6.07) is 58.6. The van der Waals surface area contributed by atoms with Crippen molar-refractivity contribution in [3.05, 3.63) is 164 Å². The van der Waals surface area contributed by atoms with Gasteiger partial charge in [-0.15, -0.1) is 22.7 Å². The maximum absolute atomic E-state index is 6.87. The van der Waals surface area contributed by atoms with Gasteiger partial charge in [-0.25, -0.2) is 0 Å². The fourth-order valence-corrected chi connectivity index (χ4v) is 10.6. The highest BCUT2D eigenvalue weighted by atomic mass is 32.1. The molecule has 0 aliphatic rings. The molecule has 0 aliphatic heterocycles. The summed E-state index contributed by atoms with van der Waals surface area (Å²) in [4.78, 5) is 2.37. The van der Waals surface area contributed by atoms with Gasteiger partial charge in [-0.05, 0) is 60.2 Å². The van der Waals surface area contributed by atoms with E-state index in [1.165, 1.54) is 40.3 Å². The number of furan rings is 2. The van der Waals surface area contributed by atoms with Crippen LogP contribution in [0, 0.1) is 0 Å². The number of hydrogen-bond acceptors (Lipinski definition) is 5. The first kappa shape index (κ1) is 29.2. The average molecular weight is 714 g/mol. The van der Waals surface area contributed by atoms with E-state index in [2.05, 4.69) is 163 Å². The lowest BCUT2D eigenvalue weighted by molar-refractivity contribution is 0.669. The van der Waals surface area contributed by atoms with E-state index in [0.717, 1.165) is 72.1 Å². The number of nitrogens with zero attached hydrogens (tertiary/aromatic N) is 1. The van der Waals surface area contributed by atoms with E-state index in [1.54, 1.807) is 0 Å². The second-order valence-electron chi connectivity index (χ2n) is 13.6. The molecular formula is C48H27NO2S2. The van der Waals surface area contributed by atoms with E-state index in [-0.39, 0.29) is 0 Å². The minimum atomic E-state index is 0.871. The van der Waals surface area contributed by atoms with Gasteiger partial charge < -0.3 is 13.7 Å². The first-order chi connectivity index (χ1) is 26.3. The molecule has 0 spiro atoms. The number of rotatable bonds is 4. The van der Waals surface area contributed by atoms with Crippen LogP contribution in [-0.2, 0) is 0 Å². The van der Waals surface area contributed by atoms with Crippen molar-refractivity contribution < 1.29 is 8.83 Å². The molecular weight excluding hydrogens is 687 g/mol. The van der Waals surface area contributed by atoms with E-state index >= 15 is 0 Å². The highest BCUT2D eigenvalue weighted by molar-refractivity contribution is 7.26. The summed E-state index contributed by atoms with van der Waals surface area (Å²) in [5.74, 6) is 0. The topological polar surface area (TPSA) is 29.5 Å². The van der Waals surface area contributed by atoms with Crippen LogP contribution in [0.15, 0.2) is 173 Å². The van der Waals surface area contributed by atoms with Gasteiger partial charge in [0.2, 0.25) is 0 Å². The Morgan fingerprint density at radius 2 is 1.02 bits per heavy atom. The van der Waals surface area contributed by atoms with Crippen LogP contribution in [0.25, 0.3) is 95.3 Å². The third kappa shape index (κ3) is 4.20. The minimum Gasteiger partial charge on any atom is -0.455 e. The summed E-state index contributed by atoms with van der Waals surface area (Å²) in [7, 11) is 0. The van der Waals surface area contributed by atoms with Crippen LogP contribution in [0.5, 0.6) is 0 Å². The van der Waals surface area contributed by atoms with Gasteiger partial charge in [0.05, 0.1) is 16.1 Å². The molecule has 4 heterocycles. The molecule has 248 valence electrons. The van der Waals surface area contributed by atoms with Crippen LogP contribution in [0.1, 0.15) is 0 Å². The highest BCUT2D eigenvalue weighted by Gasteiger charge is 2.23. The molecule has 0 aliphatic carbocycles. The predicted octanol–water partition coefficient (Wildman–Crippen LogP) is 15.4. The lowest BCUT2D eigenvalue weighted by atomic mass is 10.0. The van der Waals surface area contributed by atoms with Gasteiger partial charge in [0, 0.05) is 68.4 Å². The zero-order valence-corrected chi connectivity index (χ0v) is 29.8. The first-order valence-corrected chi connectivity index (χ1v) is 19.4. The molecule has 12 rings (SSSR count). The van der Waals surface area contributed by atoms with E-state index in [1.807, 2.05) is 28.7 Å². The van der Waals surface area contributed by atoms with Crippen LogP contribution < -0.4 is 4.90 Å². The van der Waals surface area contributed by atoms with Gasteiger partial charge in [-0.3, -0.25) is 0 Å². The highest BCUT2D eigenvalue weighted by Crippen LogP contribution is 2.48. The molecule has 8 aromatic carbocycles. The molecule has 0 saturated heterocycles. The number of hydrogen-bond donors (Lipinski definition) is 0. The van der Waals surface area contributed by atoms with Crippen molar-refractivity contribution in [1.29, 1.82) is 0 Å². The van der Waals surface area contributed by atoms with Crippen LogP contribution in [0.2, 0.25) is 0 Å². The number of thiophene rings is 2. The Morgan fingerprint density at radius 1 is 0.377 bits per heavy atom. The smallest absolute Gasteiger partial charge is 0.159 e. The van der Waals surface area contributed by atoms with Gasteiger partial charge in [0.15, 0.2) is 5.58 Å². The molecule has 53 heavy (non-hydrogen) atoms. The Balaban J connectivity index is 1.06. The predicted molar refractivity (Wildman–Crippen MR) is 227 cm³/mol. The van der Waals surface area contributed by atoms with Crippen molar-refractivity contribution in [3.63, 3.8) is 0 Å². The van der Waals surface area contributed by atoms with Gasteiger partial charge in [0.25, 0.3) is 0 Å². The fourth-order valence-electron chi connectivity index (χ4n) is 8.31. The zero-order chi connectivity index (χ0) is 34.6. The Labute approximate surface area is 311 Å². The van der Waals surface area contributed by atoms with Crippen LogP contribution >= 0.6 is 22.7 Å². The number of anilines is 3. The van der Waals surface area contributed by atoms with Gasteiger partial charge >= 0.3 is 0 Å². The standard InChI is InChI=1S/C48H27NO2S2/c1-4-19-40-31(10-1)33-15-8-17-38(46(33)50-40)49(39-18-9-16-36-32-11-2-5-20-41(32)53-48(36)39)29-24-22-28(23-25-29)30-13-7-14-34-35-26-27-43-44(47(35)51-45(30)34)37-12-3-6-21-42(37)52-43/h1-27H. The summed E-state index contributed by atoms with van der Waals surface area (Å²) >= 11 is 3.66. The Kier molecular flexibility index (Phi) is 6.09. The van der Waals surface area contributed by atoms with Gasteiger partial charge in [-0.2, -0.15) is 0 Å². The molecule has 0 fully saturated rings. The second-order valence-corrected chi connectivity index (χ2v) is 15.7. The van der Waals surface area contributed by atoms with E-state index in [9.17, 15) is 0 Å². The maximum atomic E-state index is 6.87. The number of fused-ring (bicyclic) bond motifs is 13. The molecule has 0 saturated carbocycles. The number of para-hydroxylation sites is 3. The van der Waals surface area contributed by atoms with Gasteiger partial charge in [-0.1, -0.05) is 109 Å². The largest absolute Gasteiger partial charge is 0.455 e. The Bertz CT molecular complexity index is 3300. The third-order valence-electron chi connectivity index (χ3n) is 10.7. The van der Waals surface area contributed by atoms with E-state index in [4.69, 9.17) is 8.83 Å². The summed E-state index contributed by atoms with van der Waals surface area (Å²) in [6.07, 6.45) is 0. The zero-order valence-electron chi connectivity index (χ0n) is 28.2. The van der Waals surface area contributed by atoms with Crippen molar-refractivity contribution in [2.24, 2.45) is 0 Å². The first-order valence-electron chi connectivity index (χ1n) is 17.7. The fraction of sp³-hybridized carbons (Fsp3) is 0. The molecule has 0 atom stereocenters. The van der Waals surface area contributed by atoms with Crippen molar-refractivity contribution >= 4 is 124 Å². The molecule has 3 nitrogen and oxygen atoms in total. The maximum Gasteiger partial charge on any atom is 0.159 e. The molecule has 0 radical (unpaired) electrons. The second kappa shape index (κ2) is 11.1. The molecule has 5 heteroatoms.